The van der Waals surface area contributed by atoms with Crippen LogP contribution in [-0.2, 0) is 20.9 Å². The van der Waals surface area contributed by atoms with Gasteiger partial charge in [0, 0.05) is 10.5 Å². The highest BCUT2D eigenvalue weighted by Gasteiger charge is 2.29. The average molecular weight is 395 g/mol. The maximum atomic E-state index is 12.2. The van der Waals surface area contributed by atoms with Crippen molar-refractivity contribution in [2.24, 2.45) is 0 Å². The fourth-order valence-corrected chi connectivity index (χ4v) is 3.92. The van der Waals surface area contributed by atoms with E-state index in [-0.39, 0.29) is 24.8 Å². The van der Waals surface area contributed by atoms with Crippen molar-refractivity contribution < 1.29 is 18.8 Å². The molecular formula is C20H17N3O4S. The van der Waals surface area contributed by atoms with Gasteiger partial charge in [0.25, 0.3) is 5.89 Å². The molecule has 0 saturated heterocycles. The van der Waals surface area contributed by atoms with Crippen LogP contribution in [0, 0.1) is 6.92 Å². The minimum Gasteiger partial charge on any atom is -0.456 e. The summed E-state index contributed by atoms with van der Waals surface area (Å²) in [7, 11) is 0. The maximum absolute atomic E-state index is 12.2. The van der Waals surface area contributed by atoms with Crippen molar-refractivity contribution in [3.8, 4) is 11.4 Å². The summed E-state index contributed by atoms with van der Waals surface area (Å²) in [5.74, 6) is -0.0522. The molecule has 7 nitrogen and oxygen atoms in total. The molecule has 1 atom stereocenters. The normalized spacial score (nSPS) is 15.6. The monoisotopic (exact) mass is 395 g/mol. The Bertz CT molecular complexity index is 1030. The molecule has 0 fully saturated rings. The van der Waals surface area contributed by atoms with Crippen molar-refractivity contribution >= 4 is 29.3 Å². The molecule has 8 heteroatoms. The van der Waals surface area contributed by atoms with Crippen LogP contribution in [-0.4, -0.2) is 27.3 Å². The van der Waals surface area contributed by atoms with Crippen LogP contribution in [0.5, 0.6) is 0 Å². The maximum Gasteiger partial charge on any atom is 0.307 e. The number of para-hydroxylation sites is 1. The van der Waals surface area contributed by atoms with Crippen molar-refractivity contribution in [1.29, 1.82) is 0 Å². The van der Waals surface area contributed by atoms with Gasteiger partial charge in [0.1, 0.15) is 0 Å². The molecule has 0 unspecified atom stereocenters. The number of esters is 1. The summed E-state index contributed by atoms with van der Waals surface area (Å²) in [6, 6.07) is 15.1. The molecule has 3 aromatic rings. The Balaban J connectivity index is 1.34. The SMILES string of the molecule is Cc1ccccc1-c1noc(COC(=O)C[C@@H]2Sc3ccccc3NC2=O)n1. The molecule has 0 bridgehead atoms. The molecule has 2 aromatic carbocycles. The molecule has 2 heterocycles. The molecule has 1 aromatic heterocycles. The van der Waals surface area contributed by atoms with E-state index < -0.39 is 11.2 Å². The van der Waals surface area contributed by atoms with Crippen molar-refractivity contribution in [2.75, 3.05) is 5.32 Å². The van der Waals surface area contributed by atoms with Crippen LogP contribution in [0.15, 0.2) is 57.9 Å². The molecule has 142 valence electrons. The Kier molecular flexibility index (Phi) is 5.12. The number of rotatable bonds is 5. The molecule has 1 N–H and O–H groups in total. The van der Waals surface area contributed by atoms with E-state index in [1.165, 1.54) is 11.8 Å². The first-order chi connectivity index (χ1) is 13.6. The summed E-state index contributed by atoms with van der Waals surface area (Å²) in [4.78, 5) is 29.5. The third-order valence-electron chi connectivity index (χ3n) is 4.27. The lowest BCUT2D eigenvalue weighted by Crippen LogP contribution is -2.31. The first kappa shape index (κ1) is 18.2. The fraction of sp³-hybridized carbons (Fsp3) is 0.200. The van der Waals surface area contributed by atoms with E-state index in [4.69, 9.17) is 9.26 Å². The summed E-state index contributed by atoms with van der Waals surface area (Å²) < 4.78 is 10.4. The zero-order valence-electron chi connectivity index (χ0n) is 15.0. The van der Waals surface area contributed by atoms with Crippen molar-refractivity contribution in [1.82, 2.24) is 10.1 Å². The second-order valence-electron chi connectivity index (χ2n) is 6.28. The van der Waals surface area contributed by atoms with Gasteiger partial charge in [0.2, 0.25) is 11.7 Å². The Hall–Kier alpha value is -3.13. The van der Waals surface area contributed by atoms with Crippen LogP contribution in [0.3, 0.4) is 0 Å². The van der Waals surface area contributed by atoms with E-state index in [0.717, 1.165) is 21.7 Å². The number of thioether (sulfide) groups is 1. The Morgan fingerprint density at radius 1 is 1.21 bits per heavy atom. The molecule has 0 saturated carbocycles. The van der Waals surface area contributed by atoms with Gasteiger partial charge in [-0.05, 0) is 24.6 Å². The molecule has 0 spiro atoms. The quantitative estimate of drug-likeness (QED) is 0.660. The van der Waals surface area contributed by atoms with Gasteiger partial charge in [-0.15, -0.1) is 11.8 Å². The average Bonchev–Trinajstić information content (AvgIpc) is 3.16. The molecule has 4 rings (SSSR count). The first-order valence-electron chi connectivity index (χ1n) is 8.71. The van der Waals surface area contributed by atoms with Gasteiger partial charge >= 0.3 is 5.97 Å². The zero-order valence-corrected chi connectivity index (χ0v) is 15.9. The summed E-state index contributed by atoms with van der Waals surface area (Å²) in [6.45, 7) is 1.82. The van der Waals surface area contributed by atoms with E-state index in [0.29, 0.717) is 5.82 Å². The number of aryl methyl sites for hydroxylation is 1. The van der Waals surface area contributed by atoms with Crippen LogP contribution in [0.25, 0.3) is 11.4 Å². The highest BCUT2D eigenvalue weighted by atomic mass is 32.2. The summed E-state index contributed by atoms with van der Waals surface area (Å²) >= 11 is 1.35. The number of amides is 1. The number of carbonyl (C=O) groups is 2. The predicted molar refractivity (Wildman–Crippen MR) is 104 cm³/mol. The van der Waals surface area contributed by atoms with Crippen molar-refractivity contribution in [3.05, 3.63) is 60.0 Å². The molecular weight excluding hydrogens is 378 g/mol. The predicted octanol–water partition coefficient (Wildman–Crippen LogP) is 3.59. The largest absolute Gasteiger partial charge is 0.456 e. The van der Waals surface area contributed by atoms with E-state index in [1.807, 2.05) is 55.5 Å². The van der Waals surface area contributed by atoms with Gasteiger partial charge < -0.3 is 14.6 Å². The lowest BCUT2D eigenvalue weighted by molar-refractivity contribution is -0.146. The van der Waals surface area contributed by atoms with Gasteiger partial charge in [0.15, 0.2) is 6.61 Å². The van der Waals surface area contributed by atoms with E-state index >= 15 is 0 Å². The molecule has 1 amide bonds. The summed E-state index contributed by atoms with van der Waals surface area (Å²) in [6.07, 6.45) is -0.0381. The summed E-state index contributed by atoms with van der Waals surface area (Å²) in [5, 5.41) is 6.21. The summed E-state index contributed by atoms with van der Waals surface area (Å²) in [5.41, 5.74) is 2.64. The molecule has 1 aliphatic rings. The zero-order chi connectivity index (χ0) is 19.5. The Morgan fingerprint density at radius 2 is 2.00 bits per heavy atom. The van der Waals surface area contributed by atoms with E-state index in [9.17, 15) is 9.59 Å². The highest BCUT2D eigenvalue weighted by molar-refractivity contribution is 8.01. The number of carbonyl (C=O) groups excluding carboxylic acids is 2. The van der Waals surface area contributed by atoms with Gasteiger partial charge in [-0.3, -0.25) is 9.59 Å². The second kappa shape index (κ2) is 7.85. The van der Waals surface area contributed by atoms with Crippen molar-refractivity contribution in [3.63, 3.8) is 0 Å². The van der Waals surface area contributed by atoms with E-state index in [1.54, 1.807) is 0 Å². The highest BCUT2D eigenvalue weighted by Crippen LogP contribution is 2.36. The van der Waals surface area contributed by atoms with Crippen LogP contribution in [0.1, 0.15) is 17.9 Å². The van der Waals surface area contributed by atoms with Gasteiger partial charge in [-0.2, -0.15) is 4.98 Å². The van der Waals surface area contributed by atoms with Crippen LogP contribution >= 0.6 is 11.8 Å². The van der Waals surface area contributed by atoms with Gasteiger partial charge in [-0.25, -0.2) is 0 Å². The number of hydrogen-bond acceptors (Lipinski definition) is 7. The second-order valence-corrected chi connectivity index (χ2v) is 7.53. The molecule has 1 aliphatic heterocycles. The van der Waals surface area contributed by atoms with Gasteiger partial charge in [-0.1, -0.05) is 41.6 Å². The number of nitrogens with zero attached hydrogens (tertiary/aromatic N) is 2. The number of ether oxygens (including phenoxy) is 1. The molecule has 0 aliphatic carbocycles. The minimum atomic E-state index is -0.535. The lowest BCUT2D eigenvalue weighted by Gasteiger charge is -2.23. The number of nitrogens with one attached hydrogen (secondary N) is 1. The fourth-order valence-electron chi connectivity index (χ4n) is 2.83. The Labute approximate surface area is 165 Å². The first-order valence-corrected chi connectivity index (χ1v) is 9.59. The number of anilines is 1. The number of aromatic nitrogens is 2. The van der Waals surface area contributed by atoms with E-state index in [2.05, 4.69) is 15.5 Å². The third-order valence-corrected chi connectivity index (χ3v) is 5.54. The van der Waals surface area contributed by atoms with Crippen LogP contribution in [0.2, 0.25) is 0 Å². The molecule has 0 radical (unpaired) electrons. The number of fused-ring (bicyclic) bond motifs is 1. The van der Waals surface area contributed by atoms with Gasteiger partial charge in [0.05, 0.1) is 17.4 Å². The van der Waals surface area contributed by atoms with Crippen LogP contribution in [0.4, 0.5) is 5.69 Å². The van der Waals surface area contributed by atoms with Crippen LogP contribution < -0.4 is 5.32 Å². The minimum absolute atomic E-state index is 0.0381. The standard InChI is InChI=1S/C20H17N3O4S/c1-12-6-2-3-7-13(12)19-22-17(27-23-19)11-26-18(24)10-16-20(25)21-14-8-4-5-9-15(14)28-16/h2-9,16H,10-11H2,1H3,(H,21,25)/t16-/m0/s1. The van der Waals surface area contributed by atoms with Crippen molar-refractivity contribution in [2.45, 2.75) is 30.1 Å². The topological polar surface area (TPSA) is 94.3 Å². The lowest BCUT2D eigenvalue weighted by atomic mass is 10.1. The number of hydrogen-bond donors (Lipinski definition) is 1. The number of benzene rings is 2. The third kappa shape index (κ3) is 3.91. The Morgan fingerprint density at radius 3 is 2.86 bits per heavy atom. The smallest absolute Gasteiger partial charge is 0.307 e. The molecule has 28 heavy (non-hydrogen) atoms.